The normalized spacial score (nSPS) is 27.0. The molecule has 70 valence electrons. The van der Waals surface area contributed by atoms with Crippen LogP contribution in [0.4, 0.5) is 0 Å². The third kappa shape index (κ3) is 1.45. The van der Waals surface area contributed by atoms with Crippen LogP contribution in [0, 0.1) is 0 Å². The monoisotopic (exact) mass is 197 g/mol. The number of fused-ring (bicyclic) bond motifs is 1. The average Bonchev–Trinajstić information content (AvgIpc) is 2.12. The summed E-state index contributed by atoms with van der Waals surface area (Å²) in [7, 11) is 0. The van der Waals surface area contributed by atoms with Crippen molar-refractivity contribution in [1.29, 1.82) is 0 Å². The summed E-state index contributed by atoms with van der Waals surface area (Å²) in [6.07, 6.45) is 3.01. The van der Waals surface area contributed by atoms with Gasteiger partial charge in [-0.2, -0.15) is 0 Å². The largest absolute Gasteiger partial charge is 0.387 e. The summed E-state index contributed by atoms with van der Waals surface area (Å²) in [6, 6.07) is 1.79. The van der Waals surface area contributed by atoms with Crippen LogP contribution < -0.4 is 0 Å². The van der Waals surface area contributed by atoms with Gasteiger partial charge in [0, 0.05) is 11.2 Å². The average molecular weight is 198 g/mol. The highest BCUT2D eigenvalue weighted by molar-refractivity contribution is 6.31. The Kier molecular flexibility index (Phi) is 2.26. The molecule has 0 bridgehead atoms. The van der Waals surface area contributed by atoms with E-state index in [2.05, 4.69) is 11.9 Å². The lowest BCUT2D eigenvalue weighted by Crippen LogP contribution is -2.14. The molecule has 1 N–H and O–H groups in total. The van der Waals surface area contributed by atoms with Crippen molar-refractivity contribution >= 4 is 11.6 Å². The number of pyridine rings is 1. The fraction of sp³-hybridized carbons (Fsp3) is 0.500. The Balaban J connectivity index is 2.56. The number of nitrogens with zero attached hydrogens (tertiary/aromatic N) is 1. The van der Waals surface area contributed by atoms with Gasteiger partial charge in [-0.05, 0) is 30.4 Å². The summed E-state index contributed by atoms with van der Waals surface area (Å²) in [4.78, 5) is 4.18. The zero-order valence-corrected chi connectivity index (χ0v) is 8.25. The number of aromatic nitrogens is 1. The minimum Gasteiger partial charge on any atom is -0.387 e. The molecule has 2 rings (SSSR count). The second kappa shape index (κ2) is 3.28. The molecule has 0 fully saturated rings. The molecule has 0 amide bonds. The van der Waals surface area contributed by atoms with E-state index in [0.29, 0.717) is 5.92 Å². The quantitative estimate of drug-likeness (QED) is 0.694. The minimum atomic E-state index is -0.426. The minimum absolute atomic E-state index is 0.416. The molecule has 1 aliphatic rings. The zero-order chi connectivity index (χ0) is 9.42. The molecule has 1 heterocycles. The van der Waals surface area contributed by atoms with Crippen molar-refractivity contribution in [2.45, 2.75) is 31.8 Å². The van der Waals surface area contributed by atoms with Gasteiger partial charge in [0.25, 0.3) is 0 Å². The lowest BCUT2D eigenvalue weighted by Gasteiger charge is -2.26. The van der Waals surface area contributed by atoms with Crippen molar-refractivity contribution in [3.05, 3.63) is 28.5 Å². The first-order valence-corrected chi connectivity index (χ1v) is 4.90. The van der Waals surface area contributed by atoms with Gasteiger partial charge >= 0.3 is 0 Å². The molecule has 0 radical (unpaired) electrons. The lowest BCUT2D eigenvalue weighted by atomic mass is 9.85. The molecular formula is C10H12ClNO. The van der Waals surface area contributed by atoms with Crippen LogP contribution in [0.2, 0.25) is 5.02 Å². The first kappa shape index (κ1) is 8.97. The van der Waals surface area contributed by atoms with Crippen molar-refractivity contribution in [2.75, 3.05) is 0 Å². The Bertz CT molecular complexity index is 327. The Labute approximate surface area is 82.6 Å². The van der Waals surface area contributed by atoms with Gasteiger partial charge in [-0.1, -0.05) is 18.5 Å². The highest BCUT2D eigenvalue weighted by Crippen LogP contribution is 2.39. The maximum absolute atomic E-state index is 9.68. The standard InChI is InChI=1S/C10H12ClNO/c1-6-2-3-8(13)10-9(6)7(11)4-5-12-10/h4-6,8,13H,2-3H2,1H3/t6?,8-/m1/s1. The smallest absolute Gasteiger partial charge is 0.0963 e. The van der Waals surface area contributed by atoms with Crippen molar-refractivity contribution in [3.8, 4) is 0 Å². The SMILES string of the molecule is CC1CC[C@@H](O)c2nccc(Cl)c21. The van der Waals surface area contributed by atoms with Crippen molar-refractivity contribution < 1.29 is 5.11 Å². The van der Waals surface area contributed by atoms with E-state index < -0.39 is 6.10 Å². The third-order valence-corrected chi connectivity index (χ3v) is 2.98. The van der Waals surface area contributed by atoms with E-state index in [1.54, 1.807) is 12.3 Å². The summed E-state index contributed by atoms with van der Waals surface area (Å²) >= 11 is 6.05. The molecule has 0 aromatic carbocycles. The molecule has 0 saturated carbocycles. The maximum atomic E-state index is 9.68. The number of aliphatic hydroxyl groups excluding tert-OH is 1. The van der Waals surface area contributed by atoms with Gasteiger partial charge in [0.2, 0.25) is 0 Å². The van der Waals surface area contributed by atoms with Gasteiger partial charge in [-0.15, -0.1) is 0 Å². The van der Waals surface area contributed by atoms with Gasteiger partial charge in [-0.25, -0.2) is 0 Å². The topological polar surface area (TPSA) is 33.1 Å². The van der Waals surface area contributed by atoms with Gasteiger partial charge < -0.3 is 5.11 Å². The first-order valence-electron chi connectivity index (χ1n) is 4.52. The Morgan fingerprint density at radius 1 is 1.54 bits per heavy atom. The van der Waals surface area contributed by atoms with E-state index in [1.807, 2.05) is 0 Å². The highest BCUT2D eigenvalue weighted by Gasteiger charge is 2.26. The molecule has 0 spiro atoms. The summed E-state index contributed by atoms with van der Waals surface area (Å²) < 4.78 is 0. The van der Waals surface area contributed by atoms with Crippen LogP contribution in [0.5, 0.6) is 0 Å². The molecule has 13 heavy (non-hydrogen) atoms. The van der Waals surface area contributed by atoms with E-state index in [1.165, 1.54) is 0 Å². The summed E-state index contributed by atoms with van der Waals surface area (Å²) in [6.45, 7) is 2.12. The Morgan fingerprint density at radius 2 is 2.31 bits per heavy atom. The number of hydrogen-bond acceptors (Lipinski definition) is 2. The molecule has 0 saturated heterocycles. The second-order valence-corrected chi connectivity index (χ2v) is 3.99. The van der Waals surface area contributed by atoms with Gasteiger partial charge in [0.05, 0.1) is 11.8 Å². The van der Waals surface area contributed by atoms with Crippen LogP contribution in [-0.4, -0.2) is 10.1 Å². The van der Waals surface area contributed by atoms with Crippen LogP contribution in [0.3, 0.4) is 0 Å². The van der Waals surface area contributed by atoms with Crippen LogP contribution in [0.15, 0.2) is 12.3 Å². The molecule has 1 aromatic rings. The van der Waals surface area contributed by atoms with Gasteiger partial charge in [-0.3, -0.25) is 4.98 Å². The molecule has 1 aromatic heterocycles. The Hall–Kier alpha value is -0.600. The van der Waals surface area contributed by atoms with Crippen LogP contribution in [0.1, 0.15) is 43.0 Å². The van der Waals surface area contributed by atoms with Crippen LogP contribution >= 0.6 is 11.6 Å². The van der Waals surface area contributed by atoms with Crippen molar-refractivity contribution in [2.24, 2.45) is 0 Å². The van der Waals surface area contributed by atoms with E-state index in [0.717, 1.165) is 29.1 Å². The fourth-order valence-electron chi connectivity index (χ4n) is 1.91. The van der Waals surface area contributed by atoms with E-state index >= 15 is 0 Å². The molecule has 1 unspecified atom stereocenters. The van der Waals surface area contributed by atoms with Crippen LogP contribution in [-0.2, 0) is 0 Å². The highest BCUT2D eigenvalue weighted by atomic mass is 35.5. The number of halogens is 1. The number of aliphatic hydroxyl groups is 1. The van der Waals surface area contributed by atoms with Gasteiger partial charge in [0.1, 0.15) is 0 Å². The molecular weight excluding hydrogens is 186 g/mol. The Morgan fingerprint density at radius 3 is 3.00 bits per heavy atom. The van der Waals surface area contributed by atoms with E-state index in [4.69, 9.17) is 11.6 Å². The van der Waals surface area contributed by atoms with Crippen molar-refractivity contribution in [3.63, 3.8) is 0 Å². The first-order chi connectivity index (χ1) is 6.20. The summed E-state index contributed by atoms with van der Waals surface area (Å²) in [5, 5.41) is 10.4. The number of hydrogen-bond donors (Lipinski definition) is 1. The van der Waals surface area contributed by atoms with E-state index in [9.17, 15) is 5.11 Å². The fourth-order valence-corrected chi connectivity index (χ4v) is 2.25. The summed E-state index contributed by atoms with van der Waals surface area (Å²) in [5.74, 6) is 0.416. The molecule has 1 aliphatic carbocycles. The second-order valence-electron chi connectivity index (χ2n) is 3.59. The van der Waals surface area contributed by atoms with Gasteiger partial charge in [0.15, 0.2) is 0 Å². The maximum Gasteiger partial charge on any atom is 0.0963 e. The molecule has 3 heteroatoms. The van der Waals surface area contributed by atoms with Crippen molar-refractivity contribution in [1.82, 2.24) is 4.98 Å². The predicted octanol–water partition coefficient (Wildman–Crippen LogP) is 2.67. The number of rotatable bonds is 0. The predicted molar refractivity (Wildman–Crippen MR) is 51.9 cm³/mol. The third-order valence-electron chi connectivity index (χ3n) is 2.65. The zero-order valence-electron chi connectivity index (χ0n) is 7.50. The molecule has 2 nitrogen and oxygen atoms in total. The lowest BCUT2D eigenvalue weighted by molar-refractivity contribution is 0.146. The molecule has 2 atom stereocenters. The summed E-state index contributed by atoms with van der Waals surface area (Å²) in [5.41, 5.74) is 1.80. The molecule has 0 aliphatic heterocycles. The van der Waals surface area contributed by atoms with E-state index in [-0.39, 0.29) is 0 Å². The van der Waals surface area contributed by atoms with Crippen LogP contribution in [0.25, 0.3) is 0 Å².